The molecule has 0 saturated carbocycles. The summed E-state index contributed by atoms with van der Waals surface area (Å²) in [5.41, 5.74) is 1.25. The van der Waals surface area contributed by atoms with E-state index in [1.807, 2.05) is 0 Å². The molecule has 0 radical (unpaired) electrons. The summed E-state index contributed by atoms with van der Waals surface area (Å²) in [6.07, 6.45) is 1.00. The second-order valence-corrected chi connectivity index (χ2v) is 8.51. The quantitative estimate of drug-likeness (QED) is 0.649. The number of carbonyl (C=O) groups is 3. The van der Waals surface area contributed by atoms with Gasteiger partial charge in [0.1, 0.15) is 5.82 Å². The first-order chi connectivity index (χ1) is 15.4. The number of piperidine rings is 1. The van der Waals surface area contributed by atoms with Gasteiger partial charge in [-0.05, 0) is 36.6 Å². The van der Waals surface area contributed by atoms with E-state index >= 15 is 0 Å². The fourth-order valence-electron chi connectivity index (χ4n) is 4.81. The molecule has 0 N–H and O–H groups in total. The van der Waals surface area contributed by atoms with Crippen molar-refractivity contribution < 1.29 is 18.8 Å². The van der Waals surface area contributed by atoms with Crippen LogP contribution in [0.1, 0.15) is 47.4 Å². The van der Waals surface area contributed by atoms with Crippen LogP contribution in [0.4, 0.5) is 10.1 Å². The standard InChI is InChI=1S/C25H28FN3O3/c1-3-23(30)29(22-11-7-6-10-20(22)26)21-12-13-27(16-17(21)2)14-15-28-24(31)18-8-4-5-9-19(18)25(28)32/h4-11,17,21H,3,12-16H2,1-2H3/t17-,21-/m0/s1. The number of imide groups is 1. The van der Waals surface area contributed by atoms with Crippen LogP contribution >= 0.6 is 0 Å². The van der Waals surface area contributed by atoms with Crippen LogP contribution in [0.15, 0.2) is 48.5 Å². The van der Waals surface area contributed by atoms with E-state index in [1.54, 1.807) is 54.3 Å². The van der Waals surface area contributed by atoms with Crippen LogP contribution in [0, 0.1) is 11.7 Å². The number of anilines is 1. The number of carbonyl (C=O) groups excluding carboxylic acids is 3. The predicted octanol–water partition coefficient (Wildman–Crippen LogP) is 3.58. The first-order valence-electron chi connectivity index (χ1n) is 11.2. The van der Waals surface area contributed by atoms with Crippen LogP contribution < -0.4 is 4.90 Å². The molecule has 4 rings (SSSR count). The van der Waals surface area contributed by atoms with E-state index in [0.717, 1.165) is 0 Å². The van der Waals surface area contributed by atoms with Gasteiger partial charge in [0.15, 0.2) is 0 Å². The maximum absolute atomic E-state index is 14.5. The van der Waals surface area contributed by atoms with Crippen molar-refractivity contribution >= 4 is 23.4 Å². The van der Waals surface area contributed by atoms with Gasteiger partial charge in [-0.15, -0.1) is 0 Å². The Labute approximate surface area is 187 Å². The Bertz CT molecular complexity index is 1010. The van der Waals surface area contributed by atoms with Crippen molar-refractivity contribution in [3.05, 3.63) is 65.5 Å². The molecule has 2 aliphatic rings. The summed E-state index contributed by atoms with van der Waals surface area (Å²) in [6.45, 7) is 6.17. The van der Waals surface area contributed by atoms with Crippen LogP contribution in [-0.4, -0.2) is 59.7 Å². The largest absolute Gasteiger partial charge is 0.306 e. The molecule has 1 saturated heterocycles. The van der Waals surface area contributed by atoms with E-state index in [4.69, 9.17) is 0 Å². The minimum atomic E-state index is -0.394. The Morgan fingerprint density at radius 3 is 2.25 bits per heavy atom. The number of halogens is 1. The third-order valence-electron chi connectivity index (χ3n) is 6.48. The van der Waals surface area contributed by atoms with Gasteiger partial charge in [-0.25, -0.2) is 4.39 Å². The van der Waals surface area contributed by atoms with Crippen molar-refractivity contribution in [3.63, 3.8) is 0 Å². The lowest BCUT2D eigenvalue weighted by molar-refractivity contribution is -0.119. The van der Waals surface area contributed by atoms with Crippen LogP contribution in [-0.2, 0) is 4.79 Å². The Kier molecular flexibility index (Phi) is 6.37. The Morgan fingerprint density at radius 2 is 1.66 bits per heavy atom. The van der Waals surface area contributed by atoms with Crippen molar-refractivity contribution in [1.29, 1.82) is 0 Å². The summed E-state index contributed by atoms with van der Waals surface area (Å²) in [5, 5.41) is 0. The lowest BCUT2D eigenvalue weighted by atomic mass is 9.91. The molecule has 2 aliphatic heterocycles. The molecule has 0 bridgehead atoms. The average Bonchev–Trinajstić information content (AvgIpc) is 3.04. The summed E-state index contributed by atoms with van der Waals surface area (Å²) in [4.78, 5) is 43.1. The molecule has 0 spiro atoms. The number of rotatable bonds is 6. The van der Waals surface area contributed by atoms with Crippen molar-refractivity contribution in [2.45, 2.75) is 32.7 Å². The van der Waals surface area contributed by atoms with Crippen LogP contribution in [0.2, 0.25) is 0 Å². The second-order valence-electron chi connectivity index (χ2n) is 8.51. The molecule has 7 heteroatoms. The van der Waals surface area contributed by atoms with E-state index in [2.05, 4.69) is 11.8 Å². The van der Waals surface area contributed by atoms with E-state index in [-0.39, 0.29) is 29.7 Å². The van der Waals surface area contributed by atoms with Gasteiger partial charge in [-0.3, -0.25) is 19.3 Å². The lowest BCUT2D eigenvalue weighted by Crippen LogP contribution is -2.53. The highest BCUT2D eigenvalue weighted by Crippen LogP contribution is 2.30. The Morgan fingerprint density at radius 1 is 1.03 bits per heavy atom. The van der Waals surface area contributed by atoms with Crippen LogP contribution in [0.3, 0.4) is 0 Å². The molecular formula is C25H28FN3O3. The molecule has 1 fully saturated rings. The maximum atomic E-state index is 14.5. The molecule has 2 aromatic rings. The molecule has 0 unspecified atom stereocenters. The molecule has 6 nitrogen and oxygen atoms in total. The molecule has 2 heterocycles. The van der Waals surface area contributed by atoms with Gasteiger partial charge < -0.3 is 9.80 Å². The summed E-state index contributed by atoms with van der Waals surface area (Å²) >= 11 is 0. The third-order valence-corrected chi connectivity index (χ3v) is 6.48. The van der Waals surface area contributed by atoms with Gasteiger partial charge in [0.2, 0.25) is 5.91 Å². The molecule has 0 aliphatic carbocycles. The average molecular weight is 438 g/mol. The predicted molar refractivity (Wildman–Crippen MR) is 120 cm³/mol. The molecular weight excluding hydrogens is 409 g/mol. The van der Waals surface area contributed by atoms with Gasteiger partial charge in [-0.2, -0.15) is 0 Å². The third kappa shape index (κ3) is 4.05. The normalized spacial score (nSPS) is 21.0. The minimum Gasteiger partial charge on any atom is -0.306 e. The highest BCUT2D eigenvalue weighted by molar-refractivity contribution is 6.21. The Hall–Kier alpha value is -3.06. The second kappa shape index (κ2) is 9.20. The van der Waals surface area contributed by atoms with Crippen molar-refractivity contribution in [2.24, 2.45) is 5.92 Å². The van der Waals surface area contributed by atoms with E-state index in [0.29, 0.717) is 55.8 Å². The van der Waals surface area contributed by atoms with Crippen LogP contribution in [0.5, 0.6) is 0 Å². The number of benzene rings is 2. The Balaban J connectivity index is 1.41. The fourth-order valence-corrected chi connectivity index (χ4v) is 4.81. The molecule has 2 atom stereocenters. The zero-order chi connectivity index (χ0) is 22.8. The number of likely N-dealkylation sites (tertiary alicyclic amines) is 1. The van der Waals surface area contributed by atoms with Crippen molar-refractivity contribution in [3.8, 4) is 0 Å². The SMILES string of the molecule is CCC(=O)N(c1ccccc1F)[C@H]1CCN(CCN2C(=O)c3ccccc3C2=O)C[C@@H]1C. The molecule has 168 valence electrons. The zero-order valence-corrected chi connectivity index (χ0v) is 18.5. The summed E-state index contributed by atoms with van der Waals surface area (Å²) in [7, 11) is 0. The van der Waals surface area contributed by atoms with E-state index in [1.165, 1.54) is 11.0 Å². The topological polar surface area (TPSA) is 60.9 Å². The number of amides is 3. The van der Waals surface area contributed by atoms with Gasteiger partial charge in [0.05, 0.1) is 16.8 Å². The molecule has 32 heavy (non-hydrogen) atoms. The summed E-state index contributed by atoms with van der Waals surface area (Å²) in [5.74, 6) is -0.859. The minimum absolute atomic E-state index is 0.0913. The van der Waals surface area contributed by atoms with Crippen molar-refractivity contribution in [1.82, 2.24) is 9.80 Å². The van der Waals surface area contributed by atoms with Gasteiger partial charge in [0, 0.05) is 38.6 Å². The van der Waals surface area contributed by atoms with E-state index < -0.39 is 5.82 Å². The molecule has 0 aromatic heterocycles. The highest BCUT2D eigenvalue weighted by atomic mass is 19.1. The fraction of sp³-hybridized carbons (Fsp3) is 0.400. The zero-order valence-electron chi connectivity index (χ0n) is 18.5. The maximum Gasteiger partial charge on any atom is 0.261 e. The first-order valence-corrected chi connectivity index (χ1v) is 11.2. The van der Waals surface area contributed by atoms with E-state index in [9.17, 15) is 18.8 Å². The van der Waals surface area contributed by atoms with Crippen LogP contribution in [0.25, 0.3) is 0 Å². The monoisotopic (exact) mass is 437 g/mol. The number of hydrogen-bond donors (Lipinski definition) is 0. The molecule has 3 amide bonds. The lowest BCUT2D eigenvalue weighted by Gasteiger charge is -2.43. The van der Waals surface area contributed by atoms with Crippen molar-refractivity contribution in [2.75, 3.05) is 31.1 Å². The number of fused-ring (bicyclic) bond motifs is 1. The summed E-state index contributed by atoms with van der Waals surface area (Å²) in [6, 6.07) is 13.2. The highest BCUT2D eigenvalue weighted by Gasteiger charge is 2.37. The first kappa shape index (κ1) is 22.1. The smallest absolute Gasteiger partial charge is 0.261 e. The van der Waals surface area contributed by atoms with Gasteiger partial charge in [0.25, 0.3) is 11.8 Å². The van der Waals surface area contributed by atoms with Gasteiger partial charge >= 0.3 is 0 Å². The number of hydrogen-bond acceptors (Lipinski definition) is 4. The number of para-hydroxylation sites is 1. The molecule has 2 aromatic carbocycles. The van der Waals surface area contributed by atoms with Gasteiger partial charge in [-0.1, -0.05) is 38.1 Å². The number of nitrogens with zero attached hydrogens (tertiary/aromatic N) is 3. The summed E-state index contributed by atoms with van der Waals surface area (Å²) < 4.78 is 14.5.